The first-order valence-electron chi connectivity index (χ1n) is 10.5. The van der Waals surface area contributed by atoms with Gasteiger partial charge in [0.1, 0.15) is 17.0 Å². The number of hydrogen-bond acceptors (Lipinski definition) is 3. The van der Waals surface area contributed by atoms with Crippen LogP contribution in [0.25, 0.3) is 0 Å². The van der Waals surface area contributed by atoms with E-state index >= 15 is 0 Å². The number of hydrogen-bond donors (Lipinski definition) is 1. The van der Waals surface area contributed by atoms with Gasteiger partial charge in [-0.2, -0.15) is 0 Å². The maximum atomic E-state index is 10.8. The second-order valence-corrected chi connectivity index (χ2v) is 10.4. The minimum absolute atomic E-state index is 0.328. The van der Waals surface area contributed by atoms with Crippen molar-refractivity contribution in [3.05, 3.63) is 0 Å². The SMILES string of the molecule is CCCCC[N+](CC(O)CSC(=S)N(C(C)C)C(C)C)(C(C)C)C(C)C. The number of thioether (sulfide) groups is 1. The highest BCUT2D eigenvalue weighted by Crippen LogP contribution is 2.24. The molecule has 0 aliphatic heterocycles. The zero-order chi connectivity index (χ0) is 20.5. The van der Waals surface area contributed by atoms with Gasteiger partial charge in [-0.3, -0.25) is 0 Å². The van der Waals surface area contributed by atoms with Crippen molar-refractivity contribution in [2.45, 2.75) is 112 Å². The molecule has 0 radical (unpaired) electrons. The molecule has 1 N–H and O–H groups in total. The van der Waals surface area contributed by atoms with E-state index in [9.17, 15) is 5.11 Å². The number of aliphatic hydroxyl groups is 1. The summed E-state index contributed by atoms with van der Waals surface area (Å²) in [6.07, 6.45) is 3.42. The van der Waals surface area contributed by atoms with Crippen molar-refractivity contribution in [1.82, 2.24) is 4.90 Å². The Balaban J connectivity index is 4.94. The molecule has 0 rings (SSSR count). The maximum absolute atomic E-state index is 10.8. The molecule has 0 fully saturated rings. The molecule has 26 heavy (non-hydrogen) atoms. The van der Waals surface area contributed by atoms with Crippen molar-refractivity contribution in [3.8, 4) is 0 Å². The molecular weight excluding hydrogens is 360 g/mol. The summed E-state index contributed by atoms with van der Waals surface area (Å²) in [6, 6.07) is 1.81. The van der Waals surface area contributed by atoms with Crippen LogP contribution >= 0.6 is 24.0 Å². The largest absolute Gasteiger partial charge is 0.386 e. The topological polar surface area (TPSA) is 23.5 Å². The zero-order valence-electron chi connectivity index (χ0n) is 18.8. The van der Waals surface area contributed by atoms with Crippen molar-refractivity contribution in [3.63, 3.8) is 0 Å². The molecule has 3 nitrogen and oxygen atoms in total. The summed E-state index contributed by atoms with van der Waals surface area (Å²) in [7, 11) is 0. The van der Waals surface area contributed by atoms with Crippen molar-refractivity contribution in [1.29, 1.82) is 0 Å². The molecule has 1 atom stereocenters. The second-order valence-electron chi connectivity index (χ2n) is 8.73. The van der Waals surface area contributed by atoms with Crippen LogP contribution in [0, 0.1) is 0 Å². The first-order valence-corrected chi connectivity index (χ1v) is 11.9. The van der Waals surface area contributed by atoms with Gasteiger partial charge in [-0.25, -0.2) is 0 Å². The number of thiocarbonyl (C=S) groups is 1. The van der Waals surface area contributed by atoms with Crippen molar-refractivity contribution < 1.29 is 9.59 Å². The quantitative estimate of drug-likeness (QED) is 0.270. The van der Waals surface area contributed by atoms with Gasteiger partial charge in [-0.15, -0.1) is 0 Å². The number of rotatable bonds is 12. The number of quaternary nitrogens is 1. The average Bonchev–Trinajstić information content (AvgIpc) is 2.50. The Hall–Kier alpha value is 0.160. The van der Waals surface area contributed by atoms with Crippen LogP contribution in [0.5, 0.6) is 0 Å². The Kier molecular flexibility index (Phi) is 12.7. The first-order chi connectivity index (χ1) is 12.0. The van der Waals surface area contributed by atoms with Crippen LogP contribution in [0.4, 0.5) is 0 Å². The summed E-state index contributed by atoms with van der Waals surface area (Å²) in [5.41, 5.74) is 0. The minimum atomic E-state index is -0.328. The van der Waals surface area contributed by atoms with Crippen molar-refractivity contribution in [2.75, 3.05) is 18.8 Å². The molecule has 0 aliphatic carbocycles. The molecule has 0 saturated heterocycles. The Bertz CT molecular complexity index is 381. The fraction of sp³-hybridized carbons (Fsp3) is 0.952. The van der Waals surface area contributed by atoms with E-state index in [1.807, 2.05) is 0 Å². The third kappa shape index (κ3) is 8.04. The molecule has 0 spiro atoms. The van der Waals surface area contributed by atoms with E-state index in [1.54, 1.807) is 11.8 Å². The first kappa shape index (κ1) is 26.2. The predicted molar refractivity (Wildman–Crippen MR) is 123 cm³/mol. The highest BCUT2D eigenvalue weighted by Gasteiger charge is 2.36. The highest BCUT2D eigenvalue weighted by atomic mass is 32.2. The third-order valence-electron chi connectivity index (χ3n) is 5.51. The van der Waals surface area contributed by atoms with E-state index in [2.05, 4.69) is 67.2 Å². The Morgan fingerprint density at radius 3 is 1.85 bits per heavy atom. The van der Waals surface area contributed by atoms with Crippen LogP contribution in [-0.2, 0) is 0 Å². The Morgan fingerprint density at radius 2 is 1.46 bits per heavy atom. The second kappa shape index (κ2) is 12.6. The van der Waals surface area contributed by atoms with Gasteiger partial charge in [0.25, 0.3) is 0 Å². The molecule has 0 aromatic rings. The summed E-state index contributed by atoms with van der Waals surface area (Å²) in [6.45, 7) is 22.1. The molecular formula is C21H45N2OS2+. The summed E-state index contributed by atoms with van der Waals surface area (Å²) in [5, 5.41) is 10.8. The standard InChI is InChI=1S/C21H45N2OS2/c1-10-11-12-13-23(18(6)7,19(8)9)14-20(24)15-26-21(25)22(16(2)3)17(4)5/h16-20,24H,10-15H2,1-9H3/q+1. The van der Waals surface area contributed by atoms with Crippen LogP contribution in [0.3, 0.4) is 0 Å². The van der Waals surface area contributed by atoms with Gasteiger partial charge in [0.05, 0.1) is 18.6 Å². The van der Waals surface area contributed by atoms with Gasteiger partial charge in [0.15, 0.2) is 0 Å². The van der Waals surface area contributed by atoms with Gasteiger partial charge < -0.3 is 14.5 Å². The third-order valence-corrected chi connectivity index (χ3v) is 7.08. The van der Waals surface area contributed by atoms with Gasteiger partial charge in [0.2, 0.25) is 0 Å². The van der Waals surface area contributed by atoms with E-state index in [4.69, 9.17) is 12.2 Å². The molecule has 156 valence electrons. The molecule has 1 unspecified atom stereocenters. The molecule has 0 aromatic heterocycles. The number of aliphatic hydroxyl groups excluding tert-OH is 1. The lowest BCUT2D eigenvalue weighted by Gasteiger charge is -2.47. The van der Waals surface area contributed by atoms with E-state index in [1.165, 1.54) is 19.3 Å². The molecule has 5 heteroatoms. The Morgan fingerprint density at radius 1 is 0.962 bits per heavy atom. The van der Waals surface area contributed by atoms with E-state index in [0.717, 1.165) is 21.9 Å². The summed E-state index contributed by atoms with van der Waals surface area (Å²) >= 11 is 7.29. The lowest BCUT2D eigenvalue weighted by atomic mass is 10.1. The summed E-state index contributed by atoms with van der Waals surface area (Å²) < 4.78 is 1.90. The molecule has 0 bridgehead atoms. The van der Waals surface area contributed by atoms with Crippen LogP contribution in [0.15, 0.2) is 0 Å². The van der Waals surface area contributed by atoms with E-state index in [0.29, 0.717) is 29.9 Å². The van der Waals surface area contributed by atoms with Crippen LogP contribution in [-0.4, -0.2) is 67.9 Å². The molecule has 0 amide bonds. The molecule has 0 aliphatic rings. The number of nitrogens with zero attached hydrogens (tertiary/aromatic N) is 2. The van der Waals surface area contributed by atoms with Crippen LogP contribution in [0.1, 0.15) is 81.6 Å². The van der Waals surface area contributed by atoms with E-state index in [-0.39, 0.29) is 6.10 Å². The summed E-state index contributed by atoms with van der Waals surface area (Å²) in [4.78, 5) is 2.26. The fourth-order valence-corrected chi connectivity index (χ4v) is 5.62. The monoisotopic (exact) mass is 405 g/mol. The molecule has 0 saturated carbocycles. The van der Waals surface area contributed by atoms with Crippen molar-refractivity contribution in [2.24, 2.45) is 0 Å². The fourth-order valence-electron chi connectivity index (χ4n) is 3.99. The highest BCUT2D eigenvalue weighted by molar-refractivity contribution is 8.22. The normalized spacial score (nSPS) is 13.9. The van der Waals surface area contributed by atoms with Crippen LogP contribution < -0.4 is 0 Å². The van der Waals surface area contributed by atoms with E-state index < -0.39 is 0 Å². The van der Waals surface area contributed by atoms with Gasteiger partial charge in [-0.05, 0) is 68.2 Å². The number of unbranched alkanes of at least 4 members (excludes halogenated alkanes) is 2. The lowest BCUT2D eigenvalue weighted by Crippen LogP contribution is -2.61. The lowest BCUT2D eigenvalue weighted by molar-refractivity contribution is -0.969. The van der Waals surface area contributed by atoms with Gasteiger partial charge in [-0.1, -0.05) is 37.3 Å². The summed E-state index contributed by atoms with van der Waals surface area (Å²) in [5.74, 6) is 0.683. The minimum Gasteiger partial charge on any atom is -0.386 e. The average molecular weight is 406 g/mol. The maximum Gasteiger partial charge on any atom is 0.136 e. The smallest absolute Gasteiger partial charge is 0.136 e. The predicted octanol–water partition coefficient (Wildman–Crippen LogP) is 5.31. The van der Waals surface area contributed by atoms with Gasteiger partial charge in [0, 0.05) is 17.8 Å². The van der Waals surface area contributed by atoms with Gasteiger partial charge >= 0.3 is 0 Å². The van der Waals surface area contributed by atoms with Crippen LogP contribution in [0.2, 0.25) is 0 Å². The van der Waals surface area contributed by atoms with Crippen molar-refractivity contribution >= 4 is 28.3 Å². The zero-order valence-corrected chi connectivity index (χ0v) is 20.4. The molecule has 0 aromatic carbocycles. The Labute approximate surface area is 173 Å². The molecule has 0 heterocycles.